The number of unbranched alkanes of at least 4 members (excludes halogenated alkanes) is 1. The Kier molecular flexibility index (Phi) is 4.60. The minimum absolute atomic E-state index is 0.200. The van der Waals surface area contributed by atoms with Gasteiger partial charge in [-0.1, -0.05) is 6.08 Å². The van der Waals surface area contributed by atoms with Crippen molar-refractivity contribution in [3.8, 4) is 0 Å². The van der Waals surface area contributed by atoms with Gasteiger partial charge in [0.2, 0.25) is 5.82 Å². The molecule has 0 bridgehead atoms. The summed E-state index contributed by atoms with van der Waals surface area (Å²) in [6, 6.07) is 3.53. The third-order valence-electron chi connectivity index (χ3n) is 2.92. The molecule has 0 radical (unpaired) electrons. The maximum atomic E-state index is 12.7. The molecule has 108 valence electrons. The third-order valence-corrected chi connectivity index (χ3v) is 2.92. The molecule has 0 amide bonds. The molecule has 2 heterocycles. The van der Waals surface area contributed by atoms with Gasteiger partial charge in [0, 0.05) is 6.04 Å². The molecule has 0 aliphatic rings. The van der Waals surface area contributed by atoms with Crippen LogP contribution < -0.4 is 5.32 Å². The van der Waals surface area contributed by atoms with Gasteiger partial charge in [0.1, 0.15) is 5.82 Å². The van der Waals surface area contributed by atoms with Gasteiger partial charge < -0.3 is 5.32 Å². The first-order chi connectivity index (χ1) is 9.61. The smallest absolute Gasteiger partial charge is 0.299 e. The minimum atomic E-state index is -2.70. The topological polar surface area (TPSA) is 55.1 Å². The molecule has 2 aromatic rings. The fraction of sp³-hybridized carbons (Fsp3) is 0.462. The highest BCUT2D eigenvalue weighted by molar-refractivity contribution is 5.44. The Hall–Kier alpha value is -2.05. The van der Waals surface area contributed by atoms with Crippen LogP contribution in [0.3, 0.4) is 0 Å². The molecule has 0 fully saturated rings. The number of anilines is 1. The third kappa shape index (κ3) is 3.28. The maximum absolute atomic E-state index is 12.7. The molecule has 7 heteroatoms. The summed E-state index contributed by atoms with van der Waals surface area (Å²) in [6.07, 6.45) is 2.12. The van der Waals surface area contributed by atoms with E-state index in [1.54, 1.807) is 12.1 Å². The van der Waals surface area contributed by atoms with Gasteiger partial charge in [0.25, 0.3) is 6.43 Å². The van der Waals surface area contributed by atoms with Crippen LogP contribution in [0.2, 0.25) is 0 Å². The van der Waals surface area contributed by atoms with E-state index in [0.29, 0.717) is 11.5 Å². The number of nitrogens with one attached hydrogen (secondary N) is 1. The molecule has 2 aromatic heterocycles. The molecule has 0 aliphatic carbocycles. The molecule has 0 aromatic carbocycles. The van der Waals surface area contributed by atoms with Crippen molar-refractivity contribution in [2.45, 2.75) is 38.7 Å². The number of fused-ring (bicyclic) bond motifs is 1. The van der Waals surface area contributed by atoms with Crippen LogP contribution in [0.4, 0.5) is 14.6 Å². The van der Waals surface area contributed by atoms with Crippen LogP contribution in [0.5, 0.6) is 0 Å². The molecule has 5 nitrogen and oxygen atoms in total. The lowest BCUT2D eigenvalue weighted by atomic mass is 10.1. The molecule has 20 heavy (non-hydrogen) atoms. The predicted molar refractivity (Wildman–Crippen MR) is 72.9 cm³/mol. The SMILES string of the molecule is C=CCCCC(C)Nc1ccc2nnc(C(F)F)n2n1. The van der Waals surface area contributed by atoms with E-state index in [1.165, 1.54) is 0 Å². The first kappa shape index (κ1) is 14.4. The van der Waals surface area contributed by atoms with Crippen molar-refractivity contribution >= 4 is 11.5 Å². The lowest BCUT2D eigenvalue weighted by Gasteiger charge is -2.13. The highest BCUT2D eigenvalue weighted by Gasteiger charge is 2.17. The summed E-state index contributed by atoms with van der Waals surface area (Å²) in [5.41, 5.74) is 0.310. The second-order valence-electron chi connectivity index (χ2n) is 4.61. The zero-order chi connectivity index (χ0) is 14.5. The number of alkyl halides is 2. The highest BCUT2D eigenvalue weighted by Crippen LogP contribution is 2.18. The lowest BCUT2D eigenvalue weighted by Crippen LogP contribution is -2.16. The lowest BCUT2D eigenvalue weighted by molar-refractivity contribution is 0.137. The van der Waals surface area contributed by atoms with Gasteiger partial charge >= 0.3 is 0 Å². The normalized spacial score (nSPS) is 12.8. The van der Waals surface area contributed by atoms with Crippen LogP contribution in [0.15, 0.2) is 24.8 Å². The van der Waals surface area contributed by atoms with E-state index in [9.17, 15) is 8.78 Å². The van der Waals surface area contributed by atoms with Crippen LogP contribution in [-0.4, -0.2) is 25.9 Å². The summed E-state index contributed by atoms with van der Waals surface area (Å²) in [5, 5.41) is 14.4. The van der Waals surface area contributed by atoms with Crippen LogP contribution in [-0.2, 0) is 0 Å². The van der Waals surface area contributed by atoms with E-state index in [1.807, 2.05) is 13.0 Å². The van der Waals surface area contributed by atoms with Crippen molar-refractivity contribution < 1.29 is 8.78 Å². The summed E-state index contributed by atoms with van der Waals surface area (Å²) in [7, 11) is 0. The second kappa shape index (κ2) is 6.40. The average Bonchev–Trinajstić information content (AvgIpc) is 2.82. The molecule has 0 saturated carbocycles. The van der Waals surface area contributed by atoms with Gasteiger partial charge in [-0.3, -0.25) is 0 Å². The number of allylic oxidation sites excluding steroid dienone is 1. The van der Waals surface area contributed by atoms with Gasteiger partial charge in [0.15, 0.2) is 5.65 Å². The molecule has 0 spiro atoms. The van der Waals surface area contributed by atoms with Crippen molar-refractivity contribution in [3.63, 3.8) is 0 Å². The summed E-state index contributed by atoms with van der Waals surface area (Å²) in [6.45, 7) is 5.70. The van der Waals surface area contributed by atoms with Crippen LogP contribution in [0, 0.1) is 0 Å². The molecule has 1 N–H and O–H groups in total. The first-order valence-electron chi connectivity index (χ1n) is 6.49. The van der Waals surface area contributed by atoms with E-state index in [-0.39, 0.29) is 6.04 Å². The Bertz CT molecular complexity index is 581. The Morgan fingerprint density at radius 2 is 2.20 bits per heavy atom. The Morgan fingerprint density at radius 3 is 2.90 bits per heavy atom. The largest absolute Gasteiger partial charge is 0.366 e. The number of nitrogens with zero attached hydrogens (tertiary/aromatic N) is 4. The van der Waals surface area contributed by atoms with Crippen molar-refractivity contribution in [1.29, 1.82) is 0 Å². The molecule has 0 aliphatic heterocycles. The van der Waals surface area contributed by atoms with Crippen LogP contribution in [0.25, 0.3) is 5.65 Å². The van der Waals surface area contributed by atoms with Crippen molar-refractivity contribution in [3.05, 3.63) is 30.6 Å². The fourth-order valence-corrected chi connectivity index (χ4v) is 1.91. The van der Waals surface area contributed by atoms with E-state index in [2.05, 4.69) is 27.2 Å². The minimum Gasteiger partial charge on any atom is -0.366 e. The Morgan fingerprint density at radius 1 is 1.40 bits per heavy atom. The maximum Gasteiger partial charge on any atom is 0.299 e. The number of hydrogen-bond donors (Lipinski definition) is 1. The van der Waals surface area contributed by atoms with E-state index in [0.717, 1.165) is 23.8 Å². The average molecular weight is 281 g/mol. The van der Waals surface area contributed by atoms with Gasteiger partial charge in [-0.15, -0.1) is 21.9 Å². The molecular weight excluding hydrogens is 264 g/mol. The zero-order valence-electron chi connectivity index (χ0n) is 11.3. The Labute approximate surface area is 115 Å². The molecule has 1 atom stereocenters. The summed E-state index contributed by atoms with van der Waals surface area (Å²) in [4.78, 5) is 0. The molecule has 1 unspecified atom stereocenters. The van der Waals surface area contributed by atoms with Crippen molar-refractivity contribution in [1.82, 2.24) is 19.8 Å². The fourth-order valence-electron chi connectivity index (χ4n) is 1.91. The van der Waals surface area contributed by atoms with E-state index in [4.69, 9.17) is 0 Å². The van der Waals surface area contributed by atoms with Gasteiger partial charge in [-0.2, -0.15) is 4.52 Å². The molecular formula is C13H17F2N5. The monoisotopic (exact) mass is 281 g/mol. The van der Waals surface area contributed by atoms with Crippen LogP contribution >= 0.6 is 0 Å². The van der Waals surface area contributed by atoms with Crippen molar-refractivity contribution in [2.75, 3.05) is 5.32 Å². The predicted octanol–water partition coefficient (Wildman–Crippen LogP) is 3.22. The Balaban J connectivity index is 2.10. The number of hydrogen-bond acceptors (Lipinski definition) is 4. The van der Waals surface area contributed by atoms with Gasteiger partial charge in [-0.25, -0.2) is 8.78 Å². The second-order valence-corrected chi connectivity index (χ2v) is 4.61. The molecule has 0 saturated heterocycles. The van der Waals surface area contributed by atoms with Gasteiger partial charge in [0.05, 0.1) is 0 Å². The standard InChI is InChI=1S/C13H17F2N5/c1-3-4-5-6-9(2)16-10-7-8-11-17-18-13(12(14)15)20(11)19-10/h3,7-9,12H,1,4-6H2,2H3,(H,16,19). The van der Waals surface area contributed by atoms with E-state index >= 15 is 0 Å². The van der Waals surface area contributed by atoms with Crippen molar-refractivity contribution in [2.24, 2.45) is 0 Å². The van der Waals surface area contributed by atoms with E-state index < -0.39 is 12.2 Å². The van der Waals surface area contributed by atoms with Crippen LogP contribution in [0.1, 0.15) is 38.4 Å². The first-order valence-corrected chi connectivity index (χ1v) is 6.49. The quantitative estimate of drug-likeness (QED) is 0.625. The summed E-state index contributed by atoms with van der Waals surface area (Å²) < 4.78 is 26.5. The summed E-state index contributed by atoms with van der Waals surface area (Å²) in [5.74, 6) is 0.0910. The molecule has 2 rings (SSSR count). The highest BCUT2D eigenvalue weighted by atomic mass is 19.3. The zero-order valence-corrected chi connectivity index (χ0v) is 11.3. The van der Waals surface area contributed by atoms with Gasteiger partial charge in [-0.05, 0) is 38.3 Å². The number of aromatic nitrogens is 4. The number of rotatable bonds is 7. The number of halogens is 2. The summed E-state index contributed by atoms with van der Waals surface area (Å²) >= 11 is 0.